The quantitative estimate of drug-likeness (QED) is 0.892. The van der Waals surface area contributed by atoms with E-state index in [1.54, 1.807) is 24.3 Å². The van der Waals surface area contributed by atoms with Crippen LogP contribution in [0.3, 0.4) is 0 Å². The molecule has 1 N–H and O–H groups in total. The first kappa shape index (κ1) is 12.0. The van der Waals surface area contributed by atoms with Gasteiger partial charge in [0.15, 0.2) is 5.69 Å². The Morgan fingerprint density at radius 1 is 1.11 bits per heavy atom. The number of nitriles is 1. The van der Waals surface area contributed by atoms with Crippen LogP contribution in [-0.4, -0.2) is 16.7 Å². The van der Waals surface area contributed by atoms with Crippen molar-refractivity contribution in [2.75, 3.05) is 11.9 Å². The zero-order valence-electron chi connectivity index (χ0n) is 9.60. The van der Waals surface area contributed by atoms with Gasteiger partial charge in [-0.2, -0.15) is 5.26 Å². The third-order valence-corrected chi connectivity index (χ3v) is 2.41. The molecule has 1 aromatic carbocycles. The number of nitrogens with zero attached hydrogens (tertiary/aromatic N) is 3. The highest BCUT2D eigenvalue weighted by molar-refractivity contribution is 5.35. The highest BCUT2D eigenvalue weighted by atomic mass is 19.1. The lowest BCUT2D eigenvalue weighted by atomic mass is 10.1. The predicted molar refractivity (Wildman–Crippen MR) is 65.3 cm³/mol. The van der Waals surface area contributed by atoms with Crippen LogP contribution in [0, 0.1) is 17.1 Å². The van der Waals surface area contributed by atoms with Crippen LogP contribution >= 0.6 is 0 Å². The summed E-state index contributed by atoms with van der Waals surface area (Å²) < 4.78 is 12.7. The van der Waals surface area contributed by atoms with Gasteiger partial charge in [0.2, 0.25) is 0 Å². The minimum Gasteiger partial charge on any atom is -0.368 e. The Morgan fingerprint density at radius 3 is 2.50 bits per heavy atom. The molecule has 1 heterocycles. The monoisotopic (exact) mass is 242 g/mol. The molecule has 0 amide bonds. The first-order valence-corrected chi connectivity index (χ1v) is 5.50. The van der Waals surface area contributed by atoms with Crippen molar-refractivity contribution < 1.29 is 4.39 Å². The molecule has 2 aromatic rings. The van der Waals surface area contributed by atoms with E-state index in [0.29, 0.717) is 18.1 Å². The maximum absolute atomic E-state index is 12.7. The predicted octanol–water partition coefficient (Wildman–Crippen LogP) is 2.14. The van der Waals surface area contributed by atoms with Crippen LogP contribution in [0.5, 0.6) is 0 Å². The Morgan fingerprint density at radius 2 is 1.89 bits per heavy atom. The molecular weight excluding hydrogens is 231 g/mol. The number of hydrogen-bond acceptors (Lipinski definition) is 4. The molecule has 4 nitrogen and oxygen atoms in total. The van der Waals surface area contributed by atoms with Gasteiger partial charge in [0, 0.05) is 6.54 Å². The average molecular weight is 242 g/mol. The zero-order chi connectivity index (χ0) is 12.8. The number of anilines is 1. The molecule has 18 heavy (non-hydrogen) atoms. The van der Waals surface area contributed by atoms with Crippen molar-refractivity contribution in [3.63, 3.8) is 0 Å². The number of benzene rings is 1. The van der Waals surface area contributed by atoms with Crippen LogP contribution in [0.25, 0.3) is 0 Å². The largest absolute Gasteiger partial charge is 0.368 e. The van der Waals surface area contributed by atoms with Crippen LogP contribution in [0.2, 0.25) is 0 Å². The summed E-state index contributed by atoms with van der Waals surface area (Å²) in [4.78, 5) is 0. The van der Waals surface area contributed by atoms with E-state index >= 15 is 0 Å². The fourth-order valence-electron chi connectivity index (χ4n) is 1.47. The van der Waals surface area contributed by atoms with Gasteiger partial charge in [0.1, 0.15) is 17.7 Å². The second-order valence-electron chi connectivity index (χ2n) is 3.72. The summed E-state index contributed by atoms with van der Waals surface area (Å²) >= 11 is 0. The molecular formula is C13H11FN4. The molecule has 0 atom stereocenters. The summed E-state index contributed by atoms with van der Waals surface area (Å²) in [5.74, 6) is 0.390. The third kappa shape index (κ3) is 3.25. The van der Waals surface area contributed by atoms with E-state index in [0.717, 1.165) is 12.0 Å². The first-order chi connectivity index (χ1) is 8.78. The molecule has 0 aliphatic heterocycles. The Balaban J connectivity index is 1.84. The van der Waals surface area contributed by atoms with E-state index in [9.17, 15) is 4.39 Å². The molecule has 90 valence electrons. The molecule has 0 saturated carbocycles. The Kier molecular flexibility index (Phi) is 3.82. The maximum atomic E-state index is 12.7. The Labute approximate surface area is 104 Å². The van der Waals surface area contributed by atoms with Crippen molar-refractivity contribution in [2.45, 2.75) is 6.42 Å². The van der Waals surface area contributed by atoms with Gasteiger partial charge in [-0.1, -0.05) is 12.1 Å². The van der Waals surface area contributed by atoms with E-state index < -0.39 is 0 Å². The van der Waals surface area contributed by atoms with Crippen molar-refractivity contribution in [1.29, 1.82) is 5.26 Å². The molecule has 2 rings (SSSR count). The van der Waals surface area contributed by atoms with Crippen LogP contribution in [0.15, 0.2) is 36.4 Å². The maximum Gasteiger partial charge on any atom is 0.163 e. The number of halogens is 1. The fraction of sp³-hybridized carbons (Fsp3) is 0.154. The normalized spacial score (nSPS) is 9.78. The zero-order valence-corrected chi connectivity index (χ0v) is 9.60. The standard InChI is InChI=1S/C13H11FN4/c14-11-3-1-10(2-4-11)7-8-16-13-6-5-12(9-15)17-18-13/h1-6H,7-8H2,(H,16,18). The van der Waals surface area contributed by atoms with Crippen LogP contribution in [0.1, 0.15) is 11.3 Å². The number of rotatable bonds is 4. The van der Waals surface area contributed by atoms with Crippen molar-refractivity contribution in [3.8, 4) is 6.07 Å². The summed E-state index contributed by atoms with van der Waals surface area (Å²) in [6, 6.07) is 11.6. The van der Waals surface area contributed by atoms with Crippen molar-refractivity contribution in [1.82, 2.24) is 10.2 Å². The average Bonchev–Trinajstić information content (AvgIpc) is 2.42. The molecule has 0 saturated heterocycles. The van der Waals surface area contributed by atoms with Crippen LogP contribution in [-0.2, 0) is 6.42 Å². The summed E-state index contributed by atoms with van der Waals surface area (Å²) in [5.41, 5.74) is 1.34. The number of aromatic nitrogens is 2. The van der Waals surface area contributed by atoms with Crippen molar-refractivity contribution in [2.24, 2.45) is 0 Å². The smallest absolute Gasteiger partial charge is 0.163 e. The van der Waals surface area contributed by atoms with Gasteiger partial charge in [0.25, 0.3) is 0 Å². The molecule has 5 heteroatoms. The van der Waals surface area contributed by atoms with Crippen LogP contribution < -0.4 is 5.32 Å². The van der Waals surface area contributed by atoms with Crippen LogP contribution in [0.4, 0.5) is 10.2 Å². The van der Waals surface area contributed by atoms with Gasteiger partial charge in [-0.05, 0) is 36.2 Å². The van der Waals surface area contributed by atoms with Gasteiger partial charge < -0.3 is 5.32 Å². The molecule has 0 fully saturated rings. The molecule has 0 spiro atoms. The van der Waals surface area contributed by atoms with E-state index in [-0.39, 0.29) is 5.82 Å². The summed E-state index contributed by atoms with van der Waals surface area (Å²) in [6.07, 6.45) is 0.766. The molecule has 0 bridgehead atoms. The minimum absolute atomic E-state index is 0.232. The van der Waals surface area contributed by atoms with E-state index in [1.165, 1.54) is 12.1 Å². The van der Waals surface area contributed by atoms with Gasteiger partial charge >= 0.3 is 0 Å². The molecule has 1 aromatic heterocycles. The summed E-state index contributed by atoms with van der Waals surface area (Å²) in [7, 11) is 0. The lowest BCUT2D eigenvalue weighted by molar-refractivity contribution is 0.627. The van der Waals surface area contributed by atoms with Gasteiger partial charge in [-0.25, -0.2) is 4.39 Å². The van der Waals surface area contributed by atoms with Gasteiger partial charge in [0.05, 0.1) is 0 Å². The van der Waals surface area contributed by atoms with Crippen molar-refractivity contribution in [3.05, 3.63) is 53.5 Å². The first-order valence-electron chi connectivity index (χ1n) is 5.50. The molecule has 0 aliphatic carbocycles. The van der Waals surface area contributed by atoms with E-state index in [4.69, 9.17) is 5.26 Å². The molecule has 0 unspecified atom stereocenters. The Hall–Kier alpha value is -2.48. The molecule has 0 aliphatic rings. The second-order valence-corrected chi connectivity index (χ2v) is 3.72. The van der Waals surface area contributed by atoms with Gasteiger partial charge in [-0.3, -0.25) is 0 Å². The number of nitrogens with one attached hydrogen (secondary N) is 1. The Bertz CT molecular complexity index is 543. The number of hydrogen-bond donors (Lipinski definition) is 1. The summed E-state index contributed by atoms with van der Waals surface area (Å²) in [5, 5.41) is 19.2. The highest BCUT2D eigenvalue weighted by Gasteiger charge is 1.97. The second kappa shape index (κ2) is 5.73. The highest BCUT2D eigenvalue weighted by Crippen LogP contribution is 2.05. The van der Waals surface area contributed by atoms with Gasteiger partial charge in [-0.15, -0.1) is 10.2 Å². The van der Waals surface area contributed by atoms with Crippen molar-refractivity contribution >= 4 is 5.82 Å². The fourth-order valence-corrected chi connectivity index (χ4v) is 1.47. The lowest BCUT2D eigenvalue weighted by Crippen LogP contribution is -2.07. The summed E-state index contributed by atoms with van der Waals surface area (Å²) in [6.45, 7) is 0.673. The van der Waals surface area contributed by atoms with E-state index in [2.05, 4.69) is 15.5 Å². The molecule has 0 radical (unpaired) electrons. The van der Waals surface area contributed by atoms with E-state index in [1.807, 2.05) is 6.07 Å². The third-order valence-electron chi connectivity index (χ3n) is 2.41. The minimum atomic E-state index is -0.232. The SMILES string of the molecule is N#Cc1ccc(NCCc2ccc(F)cc2)nn1. The lowest BCUT2D eigenvalue weighted by Gasteiger charge is -2.04. The topological polar surface area (TPSA) is 61.6 Å².